The van der Waals surface area contributed by atoms with Crippen molar-refractivity contribution in [1.29, 1.82) is 0 Å². The van der Waals surface area contributed by atoms with Crippen LogP contribution in [0.4, 0.5) is 0 Å². The number of rotatable bonds is 0. The van der Waals surface area contributed by atoms with Crippen LogP contribution >= 0.6 is 45.3 Å². The maximum absolute atomic E-state index is 2.28. The molecule has 8 heteroatoms. The molecule has 0 atom stereocenters. The first-order valence-corrected chi connectivity index (χ1v) is 43.0. The summed E-state index contributed by atoms with van der Waals surface area (Å²) in [5.41, 5.74) is 21.3. The Hall–Kier alpha value is -12.4. The monoisotopic (exact) mass is 1570 g/mol. The molecule has 0 fully saturated rings. The van der Waals surface area contributed by atoms with Gasteiger partial charge in [0.1, 0.15) is 0 Å². The Bertz CT molecular complexity index is 7710. The van der Waals surface area contributed by atoms with E-state index in [1.165, 1.54) is 212 Å². The van der Waals surface area contributed by atoms with Crippen LogP contribution in [0.2, 0.25) is 0 Å². The molecule has 16 aromatic carbocycles. The number of thiophene rings is 4. The van der Waals surface area contributed by atoms with Crippen molar-refractivity contribution in [3.8, 4) is 0 Å². The number of aryl methyl sites for hydroxylation is 12. The third-order valence-corrected chi connectivity index (χ3v) is 27.4. The minimum Gasteiger partial charge on any atom is -0.344 e. The normalized spacial score (nSPS) is 11.3. The fraction of sp³-hybridized carbons (Fsp3) is 0.111. The second-order valence-corrected chi connectivity index (χ2v) is 34.9. The van der Waals surface area contributed by atoms with E-state index in [0.29, 0.717) is 0 Å². The molecule has 0 spiro atoms. The highest BCUT2D eigenvalue weighted by Gasteiger charge is 2.14. The predicted molar refractivity (Wildman–Crippen MR) is 517 cm³/mol. The van der Waals surface area contributed by atoms with Gasteiger partial charge in [0.25, 0.3) is 0 Å². The van der Waals surface area contributed by atoms with E-state index in [1.807, 2.05) is 45.3 Å². The third kappa shape index (κ3) is 14.8. The smallest absolute Gasteiger partial charge is 0.0518 e. The van der Waals surface area contributed by atoms with E-state index in [-0.39, 0.29) is 0 Å². The van der Waals surface area contributed by atoms with Gasteiger partial charge in [-0.25, -0.2) is 0 Å². The van der Waals surface area contributed by atoms with Crippen LogP contribution in [0.25, 0.3) is 168 Å². The average Bonchev–Trinajstić information content (AvgIpc) is 1.61. The van der Waals surface area contributed by atoms with Gasteiger partial charge in [0.2, 0.25) is 0 Å². The number of hydrogen-bond acceptors (Lipinski definition) is 4. The second kappa shape index (κ2) is 32.8. The first kappa shape index (κ1) is 76.2. The molecule has 0 unspecified atom stereocenters. The van der Waals surface area contributed by atoms with Crippen molar-refractivity contribution in [3.05, 3.63) is 384 Å². The van der Waals surface area contributed by atoms with E-state index >= 15 is 0 Å². The highest BCUT2D eigenvalue weighted by Crippen LogP contribution is 2.40. The molecule has 24 rings (SSSR count). The minimum atomic E-state index is 1.30. The number of benzene rings is 16. The fourth-order valence-electron chi connectivity index (χ4n) is 16.9. The summed E-state index contributed by atoms with van der Waals surface area (Å²) < 4.78 is 20.2. The maximum Gasteiger partial charge on any atom is 0.0518 e. The molecule has 0 aliphatic heterocycles. The Morgan fingerprint density at radius 3 is 1.16 bits per heavy atom. The van der Waals surface area contributed by atoms with Crippen LogP contribution in [-0.4, -0.2) is 18.3 Å². The van der Waals surface area contributed by atoms with Crippen LogP contribution in [0.5, 0.6) is 0 Å². The molecule has 0 saturated carbocycles. The summed E-state index contributed by atoms with van der Waals surface area (Å²) in [6, 6.07) is 121. The number of hydrogen-bond donors (Lipinski definition) is 0. The molecular weight excluding hydrogens is 1480 g/mol. The van der Waals surface area contributed by atoms with Gasteiger partial charge in [-0.15, -0.1) is 45.3 Å². The molecule has 24 aromatic rings. The molecular formula is C108H92N4S4. The highest BCUT2D eigenvalue weighted by atomic mass is 32.1. The topological polar surface area (TPSA) is 19.7 Å². The van der Waals surface area contributed by atoms with E-state index in [0.717, 1.165) is 0 Å². The lowest BCUT2D eigenvalue weighted by Gasteiger charge is -2.00. The van der Waals surface area contributed by atoms with Crippen molar-refractivity contribution in [2.45, 2.75) is 55.4 Å². The molecule has 0 amide bonds. The maximum atomic E-state index is 2.28. The molecule has 0 bridgehead atoms. The summed E-state index contributed by atoms with van der Waals surface area (Å²) in [7, 11) is 8.52. The molecule has 8 aromatic heterocycles. The summed E-state index contributed by atoms with van der Waals surface area (Å²) in [5, 5.41) is 22.0. The SMILES string of the molecule is Cc1ccc2c(c1)c1ccccc1n2C.Cc1ccc2c(c1)sc1ccccc12.Cc1ccc2c3ccccc3n(C)c2c1.Cc1ccc2sc3ccccc3c2c1.Cc1cccc2c1c1ccccc1n2C.Cc1cccc2c1sc1ccccc12.Cc1cccc2c3ccccc3n(C)c12.Cc1cccc2sc3ccccc3c12. The fourth-order valence-corrected chi connectivity index (χ4v) is 21.5. The summed E-state index contributed by atoms with van der Waals surface area (Å²) >= 11 is 7.51. The van der Waals surface area contributed by atoms with Crippen molar-refractivity contribution < 1.29 is 0 Å². The largest absolute Gasteiger partial charge is 0.344 e. The van der Waals surface area contributed by atoms with Crippen LogP contribution < -0.4 is 0 Å². The number of fused-ring (bicyclic) bond motifs is 24. The van der Waals surface area contributed by atoms with Crippen molar-refractivity contribution >= 4 is 213 Å². The lowest BCUT2D eigenvalue weighted by molar-refractivity contribution is 1.01. The number of para-hydroxylation sites is 5. The summed E-state index contributed by atoms with van der Waals surface area (Å²) in [4.78, 5) is 0. The van der Waals surface area contributed by atoms with Crippen molar-refractivity contribution in [1.82, 2.24) is 18.3 Å². The Kier molecular flexibility index (Phi) is 21.6. The zero-order chi connectivity index (χ0) is 79.8. The molecule has 0 N–H and O–H groups in total. The van der Waals surface area contributed by atoms with Gasteiger partial charge < -0.3 is 18.3 Å². The first-order chi connectivity index (χ1) is 56.5. The average molecular weight is 1570 g/mol. The van der Waals surface area contributed by atoms with Crippen molar-refractivity contribution in [2.75, 3.05) is 0 Å². The van der Waals surface area contributed by atoms with Gasteiger partial charge >= 0.3 is 0 Å². The van der Waals surface area contributed by atoms with Crippen LogP contribution in [0.1, 0.15) is 44.5 Å². The van der Waals surface area contributed by atoms with E-state index < -0.39 is 0 Å². The van der Waals surface area contributed by atoms with Gasteiger partial charge in [-0.1, -0.05) is 254 Å². The van der Waals surface area contributed by atoms with Crippen LogP contribution in [0.15, 0.2) is 340 Å². The molecule has 0 saturated heterocycles. The highest BCUT2D eigenvalue weighted by molar-refractivity contribution is 7.27. The quantitative estimate of drug-likeness (QED) is 0.144. The van der Waals surface area contributed by atoms with Crippen LogP contribution in [0.3, 0.4) is 0 Å². The number of aromatic nitrogens is 4. The molecule has 0 aliphatic carbocycles. The Labute approximate surface area is 693 Å². The van der Waals surface area contributed by atoms with E-state index in [2.05, 4.69) is 442 Å². The standard InChI is InChI=1S/4C14H13N.4C13H10S/c1-10-6-5-8-12-11-7-3-4-9-13(11)15(2)14(10)12;1-10-6-5-9-13-14(10)11-7-3-4-8-12(11)15(13)2;1-10-7-8-14-12(9-10)11-5-3-4-6-13(11)15(14)2;1-10-7-8-12-11-5-3-4-6-13(11)15(2)14(12)9-10;1-9-5-4-7-11-10-6-2-3-8-12(10)14-13(9)11;1-9-5-4-8-12-13(9)10-6-2-3-7-11(10)14-12;1-9-6-7-13-11(8-9)10-4-2-3-5-12(10)14-13;1-9-6-7-11-10-4-2-3-5-12(10)14-13(11)8-9/h4*3-9H,1-2H3;4*2-8H,1H3. The lowest BCUT2D eigenvalue weighted by atomic mass is 10.1. The van der Waals surface area contributed by atoms with Gasteiger partial charge in [-0.2, -0.15) is 0 Å². The second-order valence-electron chi connectivity index (χ2n) is 30.6. The lowest BCUT2D eigenvalue weighted by Crippen LogP contribution is -1.88. The van der Waals surface area contributed by atoms with Gasteiger partial charge in [-0.05, 0) is 186 Å². The third-order valence-electron chi connectivity index (χ3n) is 22.7. The Morgan fingerprint density at radius 2 is 0.509 bits per heavy atom. The Morgan fingerprint density at radius 1 is 0.172 bits per heavy atom. The van der Waals surface area contributed by atoms with E-state index in [9.17, 15) is 0 Å². The molecule has 568 valence electrons. The van der Waals surface area contributed by atoms with E-state index in [1.54, 1.807) is 0 Å². The van der Waals surface area contributed by atoms with E-state index in [4.69, 9.17) is 0 Å². The zero-order valence-electron chi connectivity index (χ0n) is 67.8. The van der Waals surface area contributed by atoms with Crippen LogP contribution in [0, 0.1) is 55.4 Å². The molecule has 4 nitrogen and oxygen atoms in total. The van der Waals surface area contributed by atoms with Gasteiger partial charge in [-0.3, -0.25) is 0 Å². The molecule has 116 heavy (non-hydrogen) atoms. The van der Waals surface area contributed by atoms with Crippen molar-refractivity contribution in [3.63, 3.8) is 0 Å². The predicted octanol–water partition coefficient (Wildman–Crippen LogP) is 32.0. The number of nitrogens with zero attached hydrogens (tertiary/aromatic N) is 4. The molecule has 0 radical (unpaired) electrons. The molecule has 8 heterocycles. The minimum absolute atomic E-state index is 1.30. The first-order valence-electron chi connectivity index (χ1n) is 39.8. The Balaban J connectivity index is 0.0000000954. The van der Waals surface area contributed by atoms with Gasteiger partial charge in [0, 0.05) is 191 Å². The summed E-state index contributed by atoms with van der Waals surface area (Å²) in [6.07, 6.45) is 0. The zero-order valence-corrected chi connectivity index (χ0v) is 71.0. The van der Waals surface area contributed by atoms with Crippen molar-refractivity contribution in [2.24, 2.45) is 28.2 Å². The van der Waals surface area contributed by atoms with Crippen LogP contribution in [-0.2, 0) is 28.2 Å². The van der Waals surface area contributed by atoms with Gasteiger partial charge in [0.05, 0.1) is 5.52 Å². The van der Waals surface area contributed by atoms with Gasteiger partial charge in [0.15, 0.2) is 0 Å². The summed E-state index contributed by atoms with van der Waals surface area (Å²) in [6.45, 7) is 17.3. The molecule has 0 aliphatic rings. The summed E-state index contributed by atoms with van der Waals surface area (Å²) in [5.74, 6) is 0.